The monoisotopic (exact) mass is 413 g/mol. The van der Waals surface area contributed by atoms with Crippen molar-refractivity contribution in [2.45, 2.75) is 26.3 Å². The standard InChI is InChI=1S/C21H21F2N5O2/c1-14-24-9-10-28(14)19-11-15(6-8-25-19)13-27-20(29)3-2-7-26-21(30)17-5-4-16(22)12-18(17)23/h4-6,8-12H,2-3,7,13H2,1H3,(H,26,30)(H,27,29). The van der Waals surface area contributed by atoms with Gasteiger partial charge in [0, 0.05) is 44.2 Å². The molecular weight excluding hydrogens is 392 g/mol. The van der Waals surface area contributed by atoms with Crippen LogP contribution in [0, 0.1) is 18.6 Å². The van der Waals surface area contributed by atoms with Gasteiger partial charge in [0.05, 0.1) is 5.56 Å². The molecule has 0 aliphatic carbocycles. The highest BCUT2D eigenvalue weighted by Gasteiger charge is 2.12. The van der Waals surface area contributed by atoms with Crippen molar-refractivity contribution < 1.29 is 18.4 Å². The number of imidazole rings is 1. The van der Waals surface area contributed by atoms with Crippen LogP contribution in [0.2, 0.25) is 0 Å². The second-order valence-electron chi connectivity index (χ2n) is 6.63. The Morgan fingerprint density at radius 1 is 1.07 bits per heavy atom. The van der Waals surface area contributed by atoms with Crippen molar-refractivity contribution in [1.29, 1.82) is 0 Å². The van der Waals surface area contributed by atoms with Gasteiger partial charge in [-0.1, -0.05) is 0 Å². The predicted molar refractivity (Wildman–Crippen MR) is 106 cm³/mol. The number of nitrogens with one attached hydrogen (secondary N) is 2. The number of amides is 2. The van der Waals surface area contributed by atoms with E-state index in [1.165, 1.54) is 0 Å². The number of hydrogen-bond acceptors (Lipinski definition) is 4. The van der Waals surface area contributed by atoms with Gasteiger partial charge in [0.2, 0.25) is 5.91 Å². The van der Waals surface area contributed by atoms with Gasteiger partial charge >= 0.3 is 0 Å². The lowest BCUT2D eigenvalue weighted by Gasteiger charge is -2.09. The Balaban J connectivity index is 1.41. The number of aryl methyl sites for hydroxylation is 1. The molecule has 0 saturated carbocycles. The van der Waals surface area contributed by atoms with Crippen LogP contribution in [0.25, 0.3) is 5.82 Å². The maximum Gasteiger partial charge on any atom is 0.254 e. The van der Waals surface area contributed by atoms with Crippen molar-refractivity contribution in [1.82, 2.24) is 25.2 Å². The van der Waals surface area contributed by atoms with Crippen molar-refractivity contribution in [2.24, 2.45) is 0 Å². The first-order chi connectivity index (χ1) is 14.4. The lowest BCUT2D eigenvalue weighted by atomic mass is 10.2. The minimum absolute atomic E-state index is 0.172. The van der Waals surface area contributed by atoms with Crippen molar-refractivity contribution in [3.05, 3.63) is 77.5 Å². The Morgan fingerprint density at radius 2 is 1.90 bits per heavy atom. The number of rotatable bonds is 8. The highest BCUT2D eigenvalue weighted by atomic mass is 19.1. The van der Waals surface area contributed by atoms with E-state index in [9.17, 15) is 18.4 Å². The number of aromatic nitrogens is 3. The lowest BCUT2D eigenvalue weighted by Crippen LogP contribution is -2.28. The molecule has 0 atom stereocenters. The number of carbonyl (C=O) groups excluding carboxylic acids is 2. The van der Waals surface area contributed by atoms with E-state index in [-0.39, 0.29) is 24.4 Å². The quantitative estimate of drug-likeness (QED) is 0.556. The van der Waals surface area contributed by atoms with Gasteiger partial charge in [-0.2, -0.15) is 0 Å². The van der Waals surface area contributed by atoms with Crippen molar-refractivity contribution >= 4 is 11.8 Å². The van der Waals surface area contributed by atoms with Crippen molar-refractivity contribution in [3.8, 4) is 5.82 Å². The first kappa shape index (κ1) is 21.1. The van der Waals surface area contributed by atoms with Gasteiger partial charge in [-0.25, -0.2) is 18.7 Å². The molecule has 1 aromatic carbocycles. The maximum atomic E-state index is 13.6. The third-order valence-electron chi connectivity index (χ3n) is 4.41. The molecule has 9 heteroatoms. The zero-order chi connectivity index (χ0) is 21.5. The molecule has 7 nitrogen and oxygen atoms in total. The highest BCUT2D eigenvalue weighted by molar-refractivity contribution is 5.94. The van der Waals surface area contributed by atoms with Crippen LogP contribution < -0.4 is 10.6 Å². The molecule has 2 aromatic heterocycles. The minimum Gasteiger partial charge on any atom is -0.352 e. The summed E-state index contributed by atoms with van der Waals surface area (Å²) in [6.45, 7) is 2.41. The molecule has 3 aromatic rings. The summed E-state index contributed by atoms with van der Waals surface area (Å²) in [6.07, 6.45) is 5.75. The number of pyridine rings is 1. The zero-order valence-electron chi connectivity index (χ0n) is 16.4. The summed E-state index contributed by atoms with van der Waals surface area (Å²) >= 11 is 0. The van der Waals surface area contributed by atoms with E-state index in [4.69, 9.17) is 0 Å². The molecule has 2 heterocycles. The molecule has 0 fully saturated rings. The first-order valence-corrected chi connectivity index (χ1v) is 9.39. The average molecular weight is 413 g/mol. The Morgan fingerprint density at radius 3 is 2.63 bits per heavy atom. The van der Waals surface area contributed by atoms with Crippen LogP contribution in [0.4, 0.5) is 8.78 Å². The van der Waals surface area contributed by atoms with E-state index >= 15 is 0 Å². The van der Waals surface area contributed by atoms with Crippen LogP contribution in [0.5, 0.6) is 0 Å². The lowest BCUT2D eigenvalue weighted by molar-refractivity contribution is -0.121. The van der Waals surface area contributed by atoms with Crippen LogP contribution in [0.3, 0.4) is 0 Å². The summed E-state index contributed by atoms with van der Waals surface area (Å²) in [4.78, 5) is 32.4. The van der Waals surface area contributed by atoms with Crippen molar-refractivity contribution in [3.63, 3.8) is 0 Å². The van der Waals surface area contributed by atoms with Gasteiger partial charge in [-0.3, -0.25) is 14.2 Å². The SMILES string of the molecule is Cc1nccn1-c1cc(CNC(=O)CCCNC(=O)c2ccc(F)cc2F)ccn1. The largest absolute Gasteiger partial charge is 0.352 e. The molecule has 3 rings (SSSR count). The second-order valence-corrected chi connectivity index (χ2v) is 6.63. The fourth-order valence-corrected chi connectivity index (χ4v) is 2.83. The maximum absolute atomic E-state index is 13.6. The van der Waals surface area contributed by atoms with Gasteiger partial charge in [-0.05, 0) is 43.2 Å². The van der Waals surface area contributed by atoms with E-state index in [0.29, 0.717) is 24.8 Å². The first-order valence-electron chi connectivity index (χ1n) is 9.39. The summed E-state index contributed by atoms with van der Waals surface area (Å²) in [7, 11) is 0. The van der Waals surface area contributed by atoms with Crippen LogP contribution >= 0.6 is 0 Å². The summed E-state index contributed by atoms with van der Waals surface area (Å²) in [5, 5.41) is 5.33. The van der Waals surface area contributed by atoms with Crippen LogP contribution in [0.15, 0.2) is 48.9 Å². The number of hydrogen-bond donors (Lipinski definition) is 2. The average Bonchev–Trinajstić information content (AvgIpc) is 3.15. The number of carbonyl (C=O) groups is 2. The van der Waals surface area contributed by atoms with Crippen molar-refractivity contribution in [2.75, 3.05) is 6.54 Å². The van der Waals surface area contributed by atoms with Crippen LogP contribution in [0.1, 0.15) is 34.6 Å². The van der Waals surface area contributed by atoms with E-state index in [0.717, 1.165) is 23.5 Å². The Hall–Kier alpha value is -3.62. The Labute approximate surface area is 172 Å². The third kappa shape index (κ3) is 5.47. The van der Waals surface area contributed by atoms with E-state index in [1.807, 2.05) is 29.8 Å². The minimum atomic E-state index is -0.923. The fourth-order valence-electron chi connectivity index (χ4n) is 2.83. The molecule has 30 heavy (non-hydrogen) atoms. The zero-order valence-corrected chi connectivity index (χ0v) is 16.4. The molecule has 156 valence electrons. The molecule has 0 unspecified atom stereocenters. The normalized spacial score (nSPS) is 10.6. The molecule has 2 amide bonds. The molecule has 0 aliphatic heterocycles. The Bertz CT molecular complexity index is 1050. The Kier molecular flexibility index (Phi) is 6.84. The molecule has 0 bridgehead atoms. The highest BCUT2D eigenvalue weighted by Crippen LogP contribution is 2.10. The third-order valence-corrected chi connectivity index (χ3v) is 4.41. The summed E-state index contributed by atoms with van der Waals surface area (Å²) in [5.74, 6) is -0.963. The van der Waals surface area contributed by atoms with Gasteiger partial charge in [0.1, 0.15) is 23.3 Å². The molecular formula is C21H21F2N5O2. The van der Waals surface area contributed by atoms with E-state index in [1.54, 1.807) is 12.4 Å². The van der Waals surface area contributed by atoms with E-state index in [2.05, 4.69) is 20.6 Å². The summed E-state index contributed by atoms with van der Waals surface area (Å²) in [5.41, 5.74) is 0.656. The molecule has 2 N–H and O–H groups in total. The smallest absolute Gasteiger partial charge is 0.254 e. The van der Waals surface area contributed by atoms with Gasteiger partial charge in [-0.15, -0.1) is 0 Å². The van der Waals surface area contributed by atoms with Gasteiger partial charge in [0.15, 0.2) is 0 Å². The fraction of sp³-hybridized carbons (Fsp3) is 0.238. The predicted octanol–water partition coefficient (Wildman–Crippen LogP) is 2.68. The number of benzene rings is 1. The topological polar surface area (TPSA) is 88.9 Å². The number of nitrogens with zero attached hydrogens (tertiary/aromatic N) is 3. The molecule has 0 radical (unpaired) electrons. The molecule has 0 spiro atoms. The summed E-state index contributed by atoms with van der Waals surface area (Å²) < 4.78 is 28.3. The van der Waals surface area contributed by atoms with Crippen LogP contribution in [-0.2, 0) is 11.3 Å². The second kappa shape index (κ2) is 9.73. The summed E-state index contributed by atoms with van der Waals surface area (Å²) in [6, 6.07) is 6.44. The molecule has 0 saturated heterocycles. The van der Waals surface area contributed by atoms with Crippen LogP contribution in [-0.4, -0.2) is 32.9 Å². The molecule has 0 aliphatic rings. The number of halogens is 2. The van der Waals surface area contributed by atoms with Gasteiger partial charge in [0.25, 0.3) is 5.91 Å². The van der Waals surface area contributed by atoms with Gasteiger partial charge < -0.3 is 10.6 Å². The van der Waals surface area contributed by atoms with E-state index < -0.39 is 17.5 Å².